The van der Waals surface area contributed by atoms with Crippen LogP contribution in [0.25, 0.3) is 5.57 Å². The van der Waals surface area contributed by atoms with Gasteiger partial charge in [0.15, 0.2) is 0 Å². The smallest absolute Gasteiger partial charge is 0.0737 e. The molecule has 0 unspecified atom stereocenters. The van der Waals surface area contributed by atoms with E-state index in [0.717, 1.165) is 26.1 Å². The van der Waals surface area contributed by atoms with E-state index in [0.29, 0.717) is 6.10 Å². The Balaban J connectivity index is 1.51. The van der Waals surface area contributed by atoms with Crippen molar-refractivity contribution in [3.05, 3.63) is 76.9 Å². The first kappa shape index (κ1) is 15.6. The maximum atomic E-state index is 5.83. The van der Waals surface area contributed by atoms with Gasteiger partial charge in [0.25, 0.3) is 0 Å². The first-order chi connectivity index (χ1) is 11.7. The van der Waals surface area contributed by atoms with Gasteiger partial charge in [-0.1, -0.05) is 48.5 Å². The predicted molar refractivity (Wildman–Crippen MR) is 98.4 cm³/mol. The Morgan fingerprint density at radius 2 is 1.79 bits per heavy atom. The molecule has 4 rings (SSSR count). The van der Waals surface area contributed by atoms with Crippen molar-refractivity contribution in [2.75, 3.05) is 0 Å². The molecule has 0 amide bonds. The van der Waals surface area contributed by atoms with Crippen LogP contribution in [0.2, 0.25) is 0 Å². The summed E-state index contributed by atoms with van der Waals surface area (Å²) < 4.78 is 5.83. The second-order valence-corrected chi connectivity index (χ2v) is 7.16. The summed E-state index contributed by atoms with van der Waals surface area (Å²) in [6, 6.07) is 17.8. The molecule has 0 aromatic heterocycles. The van der Waals surface area contributed by atoms with Crippen molar-refractivity contribution in [1.82, 2.24) is 4.90 Å². The zero-order chi connectivity index (χ0) is 16.5. The molecule has 2 nitrogen and oxygen atoms in total. The molecule has 0 saturated carbocycles. The summed E-state index contributed by atoms with van der Waals surface area (Å²) in [4.78, 5) is 2.52. The standard InChI is InChI=1S/C22H25NO/c1-16-10-21(11-17(2)24-16)19-8-9-20-14-23(15-22(20)12-19)13-18-6-4-3-5-7-18/h3-10,12,16-17H,11,13-15H2,1-2H3/t16-,17+/m1/s1. The van der Waals surface area contributed by atoms with Crippen molar-refractivity contribution >= 4 is 5.57 Å². The Hall–Kier alpha value is -1.90. The molecule has 0 aliphatic carbocycles. The molecular formula is C22H25NO. The van der Waals surface area contributed by atoms with Gasteiger partial charge in [0.1, 0.15) is 0 Å². The van der Waals surface area contributed by atoms with Gasteiger partial charge in [-0.25, -0.2) is 0 Å². The zero-order valence-corrected chi connectivity index (χ0v) is 14.5. The van der Waals surface area contributed by atoms with Crippen molar-refractivity contribution in [2.45, 2.75) is 52.1 Å². The Kier molecular flexibility index (Phi) is 4.26. The highest BCUT2D eigenvalue weighted by Gasteiger charge is 2.22. The van der Waals surface area contributed by atoms with Crippen LogP contribution in [-0.2, 0) is 24.4 Å². The van der Waals surface area contributed by atoms with Crippen LogP contribution >= 0.6 is 0 Å². The van der Waals surface area contributed by atoms with Crippen molar-refractivity contribution in [2.24, 2.45) is 0 Å². The van der Waals surface area contributed by atoms with Crippen LogP contribution in [0.15, 0.2) is 54.6 Å². The van der Waals surface area contributed by atoms with Crippen molar-refractivity contribution in [1.29, 1.82) is 0 Å². The third-order valence-electron chi connectivity index (χ3n) is 5.00. The highest BCUT2D eigenvalue weighted by Crippen LogP contribution is 2.31. The van der Waals surface area contributed by atoms with Crippen molar-refractivity contribution in [3.63, 3.8) is 0 Å². The monoisotopic (exact) mass is 319 g/mol. The number of ether oxygens (including phenoxy) is 1. The van der Waals surface area contributed by atoms with Crippen LogP contribution < -0.4 is 0 Å². The topological polar surface area (TPSA) is 12.5 Å². The molecule has 2 heterocycles. The minimum absolute atomic E-state index is 0.214. The first-order valence-electron chi connectivity index (χ1n) is 8.92. The quantitative estimate of drug-likeness (QED) is 0.807. The van der Waals surface area contributed by atoms with Gasteiger partial charge in [0.05, 0.1) is 12.2 Å². The lowest BCUT2D eigenvalue weighted by molar-refractivity contribution is 0.0304. The lowest BCUT2D eigenvalue weighted by atomic mass is 9.94. The Bertz CT molecular complexity index is 750. The number of hydrogen-bond acceptors (Lipinski definition) is 2. The summed E-state index contributed by atoms with van der Waals surface area (Å²) in [5.74, 6) is 0. The molecule has 124 valence electrons. The van der Waals surface area contributed by atoms with E-state index in [-0.39, 0.29) is 6.10 Å². The molecular weight excluding hydrogens is 294 g/mol. The van der Waals surface area contributed by atoms with E-state index in [9.17, 15) is 0 Å². The number of fused-ring (bicyclic) bond motifs is 1. The van der Waals surface area contributed by atoms with Gasteiger partial charge in [-0.15, -0.1) is 0 Å². The number of hydrogen-bond donors (Lipinski definition) is 0. The van der Waals surface area contributed by atoms with E-state index in [2.05, 4.69) is 73.4 Å². The Morgan fingerprint density at radius 1 is 1.00 bits per heavy atom. The highest BCUT2D eigenvalue weighted by molar-refractivity contribution is 5.68. The van der Waals surface area contributed by atoms with E-state index in [1.54, 1.807) is 0 Å². The average Bonchev–Trinajstić information content (AvgIpc) is 2.96. The molecule has 0 saturated heterocycles. The van der Waals surface area contributed by atoms with Crippen LogP contribution in [0, 0.1) is 0 Å². The minimum Gasteiger partial charge on any atom is -0.371 e. The third-order valence-corrected chi connectivity index (χ3v) is 5.00. The van der Waals surface area contributed by atoms with Gasteiger partial charge in [-0.05, 0) is 54.2 Å². The number of rotatable bonds is 3. The molecule has 0 N–H and O–H groups in total. The van der Waals surface area contributed by atoms with Gasteiger partial charge in [-0.3, -0.25) is 4.90 Å². The molecule has 2 aromatic rings. The summed E-state index contributed by atoms with van der Waals surface area (Å²) in [6.07, 6.45) is 3.81. The fourth-order valence-corrected chi connectivity index (χ4v) is 3.95. The first-order valence-corrected chi connectivity index (χ1v) is 8.92. The fraction of sp³-hybridized carbons (Fsp3) is 0.364. The molecule has 2 aliphatic rings. The highest BCUT2D eigenvalue weighted by atomic mass is 16.5. The van der Waals surface area contributed by atoms with Crippen LogP contribution in [-0.4, -0.2) is 17.1 Å². The van der Waals surface area contributed by atoms with Gasteiger partial charge in [0, 0.05) is 19.6 Å². The maximum absolute atomic E-state index is 5.83. The zero-order valence-electron chi connectivity index (χ0n) is 14.5. The SMILES string of the molecule is C[C@@H]1C=C(c2ccc3c(c2)CN(Cc2ccccc2)C3)C[C@H](C)O1. The van der Waals surface area contributed by atoms with Crippen LogP contribution in [0.1, 0.15) is 42.5 Å². The molecule has 0 fully saturated rings. The predicted octanol–water partition coefficient (Wildman–Crippen LogP) is 4.78. The third kappa shape index (κ3) is 3.31. The van der Waals surface area contributed by atoms with E-state index >= 15 is 0 Å². The van der Waals surface area contributed by atoms with E-state index < -0.39 is 0 Å². The van der Waals surface area contributed by atoms with Crippen molar-refractivity contribution in [3.8, 4) is 0 Å². The summed E-state index contributed by atoms with van der Waals surface area (Å²) in [6.45, 7) is 7.42. The van der Waals surface area contributed by atoms with E-state index in [1.165, 1.54) is 27.8 Å². The number of benzene rings is 2. The second kappa shape index (κ2) is 6.54. The van der Waals surface area contributed by atoms with E-state index in [4.69, 9.17) is 4.74 Å². The minimum atomic E-state index is 0.214. The Morgan fingerprint density at radius 3 is 2.58 bits per heavy atom. The normalized spacial score (nSPS) is 23.8. The maximum Gasteiger partial charge on any atom is 0.0737 e. The molecule has 0 spiro atoms. The molecule has 2 atom stereocenters. The molecule has 2 aliphatic heterocycles. The van der Waals surface area contributed by atoms with Gasteiger partial charge in [0.2, 0.25) is 0 Å². The summed E-state index contributed by atoms with van der Waals surface area (Å²) in [7, 11) is 0. The average molecular weight is 319 g/mol. The van der Waals surface area contributed by atoms with Crippen molar-refractivity contribution < 1.29 is 4.74 Å². The van der Waals surface area contributed by atoms with Crippen LogP contribution in [0.4, 0.5) is 0 Å². The fourth-order valence-electron chi connectivity index (χ4n) is 3.95. The lowest BCUT2D eigenvalue weighted by Gasteiger charge is -2.25. The molecule has 2 aromatic carbocycles. The summed E-state index contributed by atoms with van der Waals surface area (Å²) in [5, 5.41) is 0. The van der Waals surface area contributed by atoms with Gasteiger partial charge in [-0.2, -0.15) is 0 Å². The molecule has 0 bridgehead atoms. The molecule has 24 heavy (non-hydrogen) atoms. The summed E-state index contributed by atoms with van der Waals surface area (Å²) >= 11 is 0. The largest absolute Gasteiger partial charge is 0.371 e. The lowest BCUT2D eigenvalue weighted by Crippen LogP contribution is -2.21. The Labute approximate surface area is 144 Å². The van der Waals surface area contributed by atoms with Gasteiger partial charge >= 0.3 is 0 Å². The van der Waals surface area contributed by atoms with Crippen LogP contribution in [0.3, 0.4) is 0 Å². The number of nitrogens with zero attached hydrogens (tertiary/aromatic N) is 1. The molecule has 0 radical (unpaired) electrons. The van der Waals surface area contributed by atoms with Gasteiger partial charge < -0.3 is 4.74 Å². The summed E-state index contributed by atoms with van der Waals surface area (Å²) in [5.41, 5.74) is 7.16. The van der Waals surface area contributed by atoms with Crippen LogP contribution in [0.5, 0.6) is 0 Å². The molecule has 2 heteroatoms. The van der Waals surface area contributed by atoms with E-state index in [1.807, 2.05) is 0 Å². The second-order valence-electron chi connectivity index (χ2n) is 7.16.